The van der Waals surface area contributed by atoms with E-state index in [1.807, 2.05) is 30.3 Å². The quantitative estimate of drug-likeness (QED) is 0.785. The first-order valence-corrected chi connectivity index (χ1v) is 7.92. The Labute approximate surface area is 148 Å². The van der Waals surface area contributed by atoms with Gasteiger partial charge in [-0.1, -0.05) is 18.2 Å². The summed E-state index contributed by atoms with van der Waals surface area (Å²) in [6, 6.07) is 12.3. The van der Waals surface area contributed by atoms with Crippen LogP contribution in [0.1, 0.15) is 20.8 Å². The number of Topliss-reactive ketones (excluding diaryl/α,β-unsaturated/α-hetero) is 1. The number of hydrogen-bond acceptors (Lipinski definition) is 5. The molecular formula is C20H15NO5. The SMILES string of the molecule is COC1=CC(=O)c2c(n(-c3ccccc3)c3cc(OC)c(O)cc23)C1=O. The molecule has 4 rings (SSSR count). The molecule has 0 saturated carbocycles. The van der Waals surface area contributed by atoms with E-state index in [1.54, 1.807) is 10.6 Å². The van der Waals surface area contributed by atoms with Crippen LogP contribution in [0, 0.1) is 0 Å². The van der Waals surface area contributed by atoms with E-state index < -0.39 is 0 Å². The van der Waals surface area contributed by atoms with Crippen LogP contribution in [0.25, 0.3) is 16.6 Å². The number of methoxy groups -OCH3 is 2. The average molecular weight is 349 g/mol. The lowest BCUT2D eigenvalue weighted by atomic mass is 9.97. The van der Waals surface area contributed by atoms with Gasteiger partial charge in [-0.15, -0.1) is 0 Å². The summed E-state index contributed by atoms with van der Waals surface area (Å²) in [7, 11) is 2.80. The fourth-order valence-electron chi connectivity index (χ4n) is 3.30. The van der Waals surface area contributed by atoms with Gasteiger partial charge in [0.2, 0.25) is 5.78 Å². The van der Waals surface area contributed by atoms with Crippen molar-refractivity contribution in [1.29, 1.82) is 0 Å². The van der Waals surface area contributed by atoms with E-state index in [0.29, 0.717) is 16.6 Å². The van der Waals surface area contributed by atoms with Crippen LogP contribution in [0.5, 0.6) is 11.5 Å². The highest BCUT2D eigenvalue weighted by Crippen LogP contribution is 2.39. The minimum Gasteiger partial charge on any atom is -0.504 e. The van der Waals surface area contributed by atoms with Crippen LogP contribution in [0.4, 0.5) is 0 Å². The number of ketones is 2. The number of ether oxygens (including phenoxy) is 2. The molecule has 0 amide bonds. The minimum atomic E-state index is -0.388. The number of carbonyl (C=O) groups is 2. The number of allylic oxidation sites excluding steroid dienone is 2. The molecule has 0 atom stereocenters. The summed E-state index contributed by atoms with van der Waals surface area (Å²) in [5, 5.41) is 10.6. The fraction of sp³-hybridized carbons (Fsp3) is 0.100. The van der Waals surface area contributed by atoms with Gasteiger partial charge in [-0.3, -0.25) is 9.59 Å². The number of aromatic nitrogens is 1. The Morgan fingerprint density at radius 3 is 2.38 bits per heavy atom. The number of carbonyl (C=O) groups excluding carboxylic acids is 2. The zero-order chi connectivity index (χ0) is 18.4. The molecule has 1 N–H and O–H groups in total. The lowest BCUT2D eigenvalue weighted by Gasteiger charge is -2.15. The summed E-state index contributed by atoms with van der Waals surface area (Å²) in [6.45, 7) is 0. The van der Waals surface area contributed by atoms with Crippen molar-refractivity contribution >= 4 is 22.5 Å². The Hall–Kier alpha value is -3.54. The summed E-state index contributed by atoms with van der Waals surface area (Å²) >= 11 is 0. The van der Waals surface area contributed by atoms with Crippen LogP contribution in [0.3, 0.4) is 0 Å². The number of nitrogens with zero attached hydrogens (tertiary/aromatic N) is 1. The maximum absolute atomic E-state index is 12.9. The molecule has 0 radical (unpaired) electrons. The predicted octanol–water partition coefficient (Wildman–Crippen LogP) is 3.25. The number of hydrogen-bond donors (Lipinski definition) is 1. The number of phenols is 1. The highest BCUT2D eigenvalue weighted by atomic mass is 16.5. The Bertz CT molecular complexity index is 1090. The first-order valence-electron chi connectivity index (χ1n) is 7.92. The number of rotatable bonds is 3. The summed E-state index contributed by atoms with van der Waals surface area (Å²) in [5.41, 5.74) is 1.75. The molecule has 0 spiro atoms. The van der Waals surface area contributed by atoms with E-state index in [9.17, 15) is 14.7 Å². The Balaban J connectivity index is 2.17. The summed E-state index contributed by atoms with van der Waals surface area (Å²) in [6.07, 6.45) is 1.18. The van der Waals surface area contributed by atoms with Crippen molar-refractivity contribution < 1.29 is 24.2 Å². The zero-order valence-corrected chi connectivity index (χ0v) is 14.1. The highest BCUT2D eigenvalue weighted by Gasteiger charge is 2.34. The number of fused-ring (bicyclic) bond motifs is 3. The van der Waals surface area contributed by atoms with Crippen LogP contribution in [-0.4, -0.2) is 35.5 Å². The van der Waals surface area contributed by atoms with Crippen molar-refractivity contribution in [3.8, 4) is 17.2 Å². The topological polar surface area (TPSA) is 77.8 Å². The summed E-state index contributed by atoms with van der Waals surface area (Å²) < 4.78 is 12.0. The predicted molar refractivity (Wildman–Crippen MR) is 95.2 cm³/mol. The minimum absolute atomic E-state index is 0.0151. The molecule has 130 valence electrons. The first-order chi connectivity index (χ1) is 12.6. The Kier molecular flexibility index (Phi) is 3.54. The van der Waals surface area contributed by atoms with Gasteiger partial charge in [0.25, 0.3) is 0 Å². The van der Waals surface area contributed by atoms with E-state index in [0.717, 1.165) is 0 Å². The smallest absolute Gasteiger partial charge is 0.245 e. The molecule has 0 fully saturated rings. The summed E-state index contributed by atoms with van der Waals surface area (Å²) in [5.74, 6) is -0.598. The maximum atomic E-state index is 12.9. The third kappa shape index (κ3) is 2.12. The molecule has 0 bridgehead atoms. The molecule has 2 aromatic carbocycles. The van der Waals surface area contributed by atoms with Gasteiger partial charge in [-0.2, -0.15) is 0 Å². The van der Waals surface area contributed by atoms with Gasteiger partial charge in [0.05, 0.1) is 25.3 Å². The molecule has 0 saturated heterocycles. The van der Waals surface area contributed by atoms with Gasteiger partial charge in [-0.25, -0.2) is 0 Å². The molecule has 1 aliphatic rings. The van der Waals surface area contributed by atoms with Crippen LogP contribution in [0.2, 0.25) is 0 Å². The molecule has 6 heteroatoms. The molecule has 1 aliphatic carbocycles. The van der Waals surface area contributed by atoms with Crippen molar-refractivity contribution in [1.82, 2.24) is 4.57 Å². The van der Waals surface area contributed by atoms with Crippen LogP contribution in [0.15, 0.2) is 54.3 Å². The van der Waals surface area contributed by atoms with Crippen molar-refractivity contribution in [2.45, 2.75) is 0 Å². The second-order valence-electron chi connectivity index (χ2n) is 5.84. The number of phenolic OH excluding ortho intramolecular Hbond substituents is 1. The molecule has 1 aromatic heterocycles. The molecule has 0 unspecified atom stereocenters. The van der Waals surface area contributed by atoms with Gasteiger partial charge in [0, 0.05) is 23.2 Å². The van der Waals surface area contributed by atoms with Crippen molar-refractivity contribution in [3.05, 3.63) is 65.6 Å². The number of aromatic hydroxyl groups is 1. The molecule has 3 aromatic rings. The van der Waals surface area contributed by atoms with E-state index >= 15 is 0 Å². The normalized spacial score (nSPS) is 13.5. The van der Waals surface area contributed by atoms with Gasteiger partial charge >= 0.3 is 0 Å². The van der Waals surface area contributed by atoms with Crippen molar-refractivity contribution in [2.75, 3.05) is 14.2 Å². The molecular weight excluding hydrogens is 334 g/mol. The fourth-order valence-corrected chi connectivity index (χ4v) is 3.30. The van der Waals surface area contributed by atoms with E-state index in [2.05, 4.69) is 0 Å². The van der Waals surface area contributed by atoms with Crippen LogP contribution < -0.4 is 4.74 Å². The monoisotopic (exact) mass is 349 g/mol. The number of benzene rings is 2. The third-order valence-electron chi connectivity index (χ3n) is 4.45. The average Bonchev–Trinajstić information content (AvgIpc) is 2.99. The van der Waals surface area contributed by atoms with Crippen molar-refractivity contribution in [2.24, 2.45) is 0 Å². The Morgan fingerprint density at radius 2 is 1.73 bits per heavy atom. The van der Waals surface area contributed by atoms with E-state index in [4.69, 9.17) is 9.47 Å². The van der Waals surface area contributed by atoms with Crippen LogP contribution >= 0.6 is 0 Å². The molecule has 1 heterocycles. The first kappa shape index (κ1) is 16.0. The van der Waals surface area contributed by atoms with Gasteiger partial charge in [-0.05, 0) is 18.2 Å². The van der Waals surface area contributed by atoms with E-state index in [-0.39, 0.29) is 40.1 Å². The molecule has 0 aliphatic heterocycles. The molecule has 6 nitrogen and oxygen atoms in total. The maximum Gasteiger partial charge on any atom is 0.245 e. The van der Waals surface area contributed by atoms with Gasteiger partial charge in [0.1, 0.15) is 5.69 Å². The van der Waals surface area contributed by atoms with Crippen molar-refractivity contribution in [3.63, 3.8) is 0 Å². The van der Waals surface area contributed by atoms with Gasteiger partial charge in [0.15, 0.2) is 23.0 Å². The molecule has 26 heavy (non-hydrogen) atoms. The third-order valence-corrected chi connectivity index (χ3v) is 4.45. The number of para-hydroxylation sites is 1. The largest absolute Gasteiger partial charge is 0.504 e. The summed E-state index contributed by atoms with van der Waals surface area (Å²) in [4.78, 5) is 25.6. The Morgan fingerprint density at radius 1 is 1.00 bits per heavy atom. The second kappa shape index (κ2) is 5.77. The lowest BCUT2D eigenvalue weighted by Crippen LogP contribution is -2.20. The van der Waals surface area contributed by atoms with Crippen LogP contribution in [-0.2, 0) is 4.74 Å². The highest BCUT2D eigenvalue weighted by molar-refractivity contribution is 6.28. The van der Waals surface area contributed by atoms with Gasteiger partial charge < -0.3 is 19.1 Å². The standard InChI is InChI=1S/C20H15NO5/c1-25-16-9-13-12(8-14(16)22)18-15(23)10-17(26-2)20(24)19(18)21(13)11-6-4-3-5-7-11/h3-10,22H,1-2H3. The lowest BCUT2D eigenvalue weighted by molar-refractivity contribution is 0.0911. The second-order valence-corrected chi connectivity index (χ2v) is 5.84. The zero-order valence-electron chi connectivity index (χ0n) is 14.1. The van der Waals surface area contributed by atoms with E-state index in [1.165, 1.54) is 26.4 Å².